The Bertz CT molecular complexity index is 547. The molecule has 3 heterocycles. The van der Waals surface area contributed by atoms with Gasteiger partial charge in [0.1, 0.15) is 5.69 Å². The molecule has 2 unspecified atom stereocenters. The molecule has 1 N–H and O–H groups in total. The number of nitrogens with zero attached hydrogens (tertiary/aromatic N) is 4. The molecule has 1 saturated heterocycles. The molecular formula is C13H19N5O. The van der Waals surface area contributed by atoms with Crippen molar-refractivity contribution in [2.75, 3.05) is 6.54 Å². The van der Waals surface area contributed by atoms with E-state index < -0.39 is 0 Å². The molecule has 1 aliphatic rings. The summed E-state index contributed by atoms with van der Waals surface area (Å²) >= 11 is 0. The topological polar surface area (TPSA) is 68.8 Å². The summed E-state index contributed by atoms with van der Waals surface area (Å²) in [6.07, 6.45) is 7.00. The maximum atomic E-state index is 5.41. The van der Waals surface area contributed by atoms with Gasteiger partial charge in [0.2, 0.25) is 11.7 Å². The third kappa shape index (κ3) is 2.40. The predicted molar refractivity (Wildman–Crippen MR) is 70.3 cm³/mol. The number of aryl methyl sites for hydroxylation is 1. The van der Waals surface area contributed by atoms with E-state index in [4.69, 9.17) is 4.52 Å². The van der Waals surface area contributed by atoms with Crippen molar-refractivity contribution >= 4 is 0 Å². The number of piperidine rings is 1. The standard InChI is InChI=1S/C13H19N5O/c1-3-9-4-5-15-10(6-9)13-16-12(17-19-13)11-7-14-8-18(11)2/h7-10,15H,3-6H2,1-2H3. The summed E-state index contributed by atoms with van der Waals surface area (Å²) in [5, 5.41) is 7.51. The molecule has 102 valence electrons. The van der Waals surface area contributed by atoms with Gasteiger partial charge in [-0.05, 0) is 25.3 Å². The molecule has 2 aromatic rings. The highest BCUT2D eigenvalue weighted by molar-refractivity contribution is 5.47. The lowest BCUT2D eigenvalue weighted by atomic mass is 9.90. The second-order valence-corrected chi connectivity index (χ2v) is 5.15. The Morgan fingerprint density at radius 1 is 1.53 bits per heavy atom. The molecule has 0 saturated carbocycles. The highest BCUT2D eigenvalue weighted by Crippen LogP contribution is 2.29. The summed E-state index contributed by atoms with van der Waals surface area (Å²) in [5.41, 5.74) is 0.873. The smallest absolute Gasteiger partial charge is 0.244 e. The van der Waals surface area contributed by atoms with Crippen LogP contribution in [0.25, 0.3) is 11.5 Å². The van der Waals surface area contributed by atoms with Crippen molar-refractivity contribution < 1.29 is 4.52 Å². The summed E-state index contributed by atoms with van der Waals surface area (Å²) in [6.45, 7) is 3.26. The normalized spacial score (nSPS) is 23.7. The minimum Gasteiger partial charge on any atom is -0.337 e. The van der Waals surface area contributed by atoms with Crippen LogP contribution in [-0.2, 0) is 7.05 Å². The van der Waals surface area contributed by atoms with Crippen LogP contribution >= 0.6 is 0 Å². The van der Waals surface area contributed by atoms with Crippen LogP contribution in [0.3, 0.4) is 0 Å². The second kappa shape index (κ2) is 5.13. The van der Waals surface area contributed by atoms with E-state index in [0.29, 0.717) is 11.7 Å². The third-order valence-electron chi connectivity index (χ3n) is 3.88. The van der Waals surface area contributed by atoms with E-state index in [1.165, 1.54) is 12.8 Å². The van der Waals surface area contributed by atoms with Gasteiger partial charge in [-0.3, -0.25) is 0 Å². The first-order valence-electron chi connectivity index (χ1n) is 6.81. The van der Waals surface area contributed by atoms with Crippen molar-refractivity contribution in [3.8, 4) is 11.5 Å². The summed E-state index contributed by atoms with van der Waals surface area (Å²) in [6, 6.07) is 0.188. The van der Waals surface area contributed by atoms with Crippen molar-refractivity contribution in [1.29, 1.82) is 0 Å². The lowest BCUT2D eigenvalue weighted by Crippen LogP contribution is -2.31. The Labute approximate surface area is 112 Å². The van der Waals surface area contributed by atoms with Gasteiger partial charge in [0, 0.05) is 7.05 Å². The first-order valence-corrected chi connectivity index (χ1v) is 6.81. The molecule has 0 radical (unpaired) electrons. The van der Waals surface area contributed by atoms with Crippen LogP contribution in [0, 0.1) is 5.92 Å². The number of imidazole rings is 1. The molecule has 0 aliphatic carbocycles. The Kier molecular flexibility index (Phi) is 3.33. The summed E-state index contributed by atoms with van der Waals surface area (Å²) in [5.74, 6) is 2.04. The van der Waals surface area contributed by atoms with Crippen LogP contribution in [-0.4, -0.2) is 26.2 Å². The van der Waals surface area contributed by atoms with E-state index in [0.717, 1.165) is 24.6 Å². The average Bonchev–Trinajstić information content (AvgIpc) is 3.07. The Morgan fingerprint density at radius 2 is 2.42 bits per heavy atom. The third-order valence-corrected chi connectivity index (χ3v) is 3.88. The van der Waals surface area contributed by atoms with Gasteiger partial charge in [-0.25, -0.2) is 4.98 Å². The largest absolute Gasteiger partial charge is 0.337 e. The van der Waals surface area contributed by atoms with Gasteiger partial charge in [-0.2, -0.15) is 4.98 Å². The maximum Gasteiger partial charge on any atom is 0.244 e. The molecular weight excluding hydrogens is 242 g/mol. The van der Waals surface area contributed by atoms with Crippen LogP contribution < -0.4 is 5.32 Å². The van der Waals surface area contributed by atoms with Crippen LogP contribution in [0.1, 0.15) is 38.1 Å². The Balaban J connectivity index is 1.79. The fourth-order valence-electron chi connectivity index (χ4n) is 2.61. The second-order valence-electron chi connectivity index (χ2n) is 5.15. The molecule has 0 aromatic carbocycles. The van der Waals surface area contributed by atoms with Gasteiger partial charge in [0.05, 0.1) is 18.6 Å². The lowest BCUT2D eigenvalue weighted by molar-refractivity contribution is 0.246. The van der Waals surface area contributed by atoms with Gasteiger partial charge in [0.25, 0.3) is 0 Å². The van der Waals surface area contributed by atoms with E-state index in [9.17, 15) is 0 Å². The van der Waals surface area contributed by atoms with Gasteiger partial charge in [0.15, 0.2) is 0 Å². The number of hydrogen-bond acceptors (Lipinski definition) is 5. The molecule has 1 aliphatic heterocycles. The summed E-state index contributed by atoms with van der Waals surface area (Å²) in [4.78, 5) is 8.58. The van der Waals surface area contributed by atoms with E-state index >= 15 is 0 Å². The van der Waals surface area contributed by atoms with Crippen LogP contribution in [0.5, 0.6) is 0 Å². The summed E-state index contributed by atoms with van der Waals surface area (Å²) < 4.78 is 7.30. The van der Waals surface area contributed by atoms with Gasteiger partial charge in [-0.15, -0.1) is 0 Å². The zero-order chi connectivity index (χ0) is 13.2. The highest BCUT2D eigenvalue weighted by Gasteiger charge is 2.26. The number of hydrogen-bond donors (Lipinski definition) is 1. The van der Waals surface area contributed by atoms with Crippen molar-refractivity contribution in [3.63, 3.8) is 0 Å². The number of nitrogens with one attached hydrogen (secondary N) is 1. The molecule has 19 heavy (non-hydrogen) atoms. The first kappa shape index (κ1) is 12.3. The fourth-order valence-corrected chi connectivity index (χ4v) is 2.61. The molecule has 3 rings (SSSR count). The van der Waals surface area contributed by atoms with E-state index in [-0.39, 0.29) is 6.04 Å². The van der Waals surface area contributed by atoms with Crippen molar-refractivity contribution in [2.24, 2.45) is 13.0 Å². The predicted octanol–water partition coefficient (Wildman–Crippen LogP) is 1.92. The van der Waals surface area contributed by atoms with Crippen molar-refractivity contribution in [1.82, 2.24) is 25.0 Å². The van der Waals surface area contributed by atoms with Crippen LogP contribution in [0.2, 0.25) is 0 Å². The van der Waals surface area contributed by atoms with Crippen LogP contribution in [0.4, 0.5) is 0 Å². The molecule has 6 heteroatoms. The minimum absolute atomic E-state index is 0.188. The van der Waals surface area contributed by atoms with E-state index in [2.05, 4.69) is 27.4 Å². The van der Waals surface area contributed by atoms with Gasteiger partial charge < -0.3 is 14.4 Å². The molecule has 0 amide bonds. The summed E-state index contributed by atoms with van der Waals surface area (Å²) in [7, 11) is 1.92. The number of aromatic nitrogens is 4. The van der Waals surface area contributed by atoms with E-state index in [1.807, 2.05) is 11.6 Å². The SMILES string of the molecule is CCC1CCNC(c2nc(-c3cncn3C)no2)C1. The zero-order valence-corrected chi connectivity index (χ0v) is 11.3. The minimum atomic E-state index is 0.188. The average molecular weight is 261 g/mol. The zero-order valence-electron chi connectivity index (χ0n) is 11.3. The first-order chi connectivity index (χ1) is 9.28. The molecule has 2 atom stereocenters. The fraction of sp³-hybridized carbons (Fsp3) is 0.615. The molecule has 6 nitrogen and oxygen atoms in total. The lowest BCUT2D eigenvalue weighted by Gasteiger charge is -2.27. The quantitative estimate of drug-likeness (QED) is 0.914. The Morgan fingerprint density at radius 3 is 3.16 bits per heavy atom. The van der Waals surface area contributed by atoms with Gasteiger partial charge in [-0.1, -0.05) is 18.5 Å². The molecule has 0 bridgehead atoms. The van der Waals surface area contributed by atoms with Crippen LogP contribution in [0.15, 0.2) is 17.0 Å². The highest BCUT2D eigenvalue weighted by atomic mass is 16.5. The monoisotopic (exact) mass is 261 g/mol. The van der Waals surface area contributed by atoms with Gasteiger partial charge >= 0.3 is 0 Å². The molecule has 2 aromatic heterocycles. The number of rotatable bonds is 3. The van der Waals surface area contributed by atoms with Crippen molar-refractivity contribution in [3.05, 3.63) is 18.4 Å². The molecule has 0 spiro atoms. The maximum absolute atomic E-state index is 5.41. The van der Waals surface area contributed by atoms with Crippen molar-refractivity contribution in [2.45, 2.75) is 32.2 Å². The van der Waals surface area contributed by atoms with E-state index in [1.54, 1.807) is 12.5 Å². The molecule has 1 fully saturated rings. The Hall–Kier alpha value is -1.69.